The predicted molar refractivity (Wildman–Crippen MR) is 131 cm³/mol. The number of hydrogen-bond acceptors (Lipinski definition) is 7. The molecule has 8 nitrogen and oxygen atoms in total. The van der Waals surface area contributed by atoms with Crippen LogP contribution >= 0.6 is 0 Å². The van der Waals surface area contributed by atoms with E-state index >= 15 is 4.39 Å². The number of anilines is 2. The van der Waals surface area contributed by atoms with Crippen LogP contribution in [0.5, 0.6) is 0 Å². The molecule has 2 fully saturated rings. The third-order valence-corrected chi connectivity index (χ3v) is 6.78. The highest BCUT2D eigenvalue weighted by molar-refractivity contribution is 5.85. The molecule has 2 N–H and O–H groups in total. The largest absolute Gasteiger partial charge is 0.389 e. The van der Waals surface area contributed by atoms with Crippen LogP contribution in [0.25, 0.3) is 22.3 Å². The fraction of sp³-hybridized carbons (Fsp3) is 0.560. The molecule has 35 heavy (non-hydrogen) atoms. The van der Waals surface area contributed by atoms with E-state index in [-0.39, 0.29) is 30.8 Å². The average molecular weight is 487 g/mol. The smallest absolute Gasteiger partial charge is 0.223 e. The number of imidazole rings is 1. The van der Waals surface area contributed by atoms with E-state index in [1.807, 2.05) is 36.3 Å². The zero-order valence-electron chi connectivity index (χ0n) is 20.3. The molecule has 0 bridgehead atoms. The van der Waals surface area contributed by atoms with Crippen LogP contribution in [0.2, 0.25) is 0 Å². The molecule has 0 saturated carbocycles. The van der Waals surface area contributed by atoms with Gasteiger partial charge in [-0.2, -0.15) is 0 Å². The Hall–Kier alpha value is -2.85. The maximum absolute atomic E-state index is 15.4. The first-order valence-corrected chi connectivity index (χ1v) is 12.3. The third-order valence-electron chi connectivity index (χ3n) is 6.78. The molecule has 188 valence electrons. The van der Waals surface area contributed by atoms with Gasteiger partial charge >= 0.3 is 0 Å². The minimum atomic E-state index is -0.899. The number of fused-ring (bicyclic) bond motifs is 1. The SMILES string of the molecule is Cc1cnc(NC2CCCOC[C@H]2O)nc1-c1cc(F)c2nc(N3CC[C@H](F)C3)n(C(C)C)c2c1. The lowest BCUT2D eigenvalue weighted by Crippen LogP contribution is -2.35. The van der Waals surface area contributed by atoms with Crippen LogP contribution in [0.15, 0.2) is 18.3 Å². The van der Waals surface area contributed by atoms with E-state index in [0.29, 0.717) is 48.2 Å². The summed E-state index contributed by atoms with van der Waals surface area (Å²) in [6.45, 7) is 7.61. The summed E-state index contributed by atoms with van der Waals surface area (Å²) >= 11 is 0. The van der Waals surface area contributed by atoms with Gasteiger partial charge in [-0.1, -0.05) is 0 Å². The minimum absolute atomic E-state index is 0.00554. The molecule has 2 aliphatic rings. The normalized spacial score (nSPS) is 23.3. The minimum Gasteiger partial charge on any atom is -0.389 e. The third kappa shape index (κ3) is 4.69. The Kier molecular flexibility index (Phi) is 6.59. The van der Waals surface area contributed by atoms with Crippen molar-refractivity contribution in [2.24, 2.45) is 0 Å². The summed E-state index contributed by atoms with van der Waals surface area (Å²) in [6.07, 6.45) is 2.16. The number of nitrogens with one attached hydrogen (secondary N) is 1. The van der Waals surface area contributed by atoms with Gasteiger partial charge in [0.15, 0.2) is 5.82 Å². The summed E-state index contributed by atoms with van der Waals surface area (Å²) in [7, 11) is 0. The van der Waals surface area contributed by atoms with E-state index in [0.717, 1.165) is 18.4 Å². The molecule has 0 aliphatic carbocycles. The Labute approximate surface area is 203 Å². The van der Waals surface area contributed by atoms with Gasteiger partial charge in [0.05, 0.1) is 36.5 Å². The van der Waals surface area contributed by atoms with Crippen LogP contribution in [0.4, 0.5) is 20.7 Å². The molecule has 2 aliphatic heterocycles. The van der Waals surface area contributed by atoms with Crippen LogP contribution in [-0.4, -0.2) is 69.2 Å². The lowest BCUT2D eigenvalue weighted by atomic mass is 10.1. The van der Waals surface area contributed by atoms with Crippen molar-refractivity contribution in [1.29, 1.82) is 0 Å². The van der Waals surface area contributed by atoms with Gasteiger partial charge in [0, 0.05) is 31.0 Å². The van der Waals surface area contributed by atoms with E-state index < -0.39 is 18.1 Å². The number of nitrogens with zero attached hydrogens (tertiary/aromatic N) is 5. The van der Waals surface area contributed by atoms with Crippen molar-refractivity contribution in [1.82, 2.24) is 19.5 Å². The number of rotatable bonds is 5. The van der Waals surface area contributed by atoms with E-state index in [4.69, 9.17) is 4.74 Å². The standard InChI is InChI=1S/C25H32F2N6O2/c1-14(2)33-20-10-16(9-18(27)23(20)31-25(33)32-7-6-17(26)12-32)22-15(3)11-28-24(30-22)29-19-5-4-8-35-13-21(19)34/h9-11,14,17,19,21,34H,4-8,12-13H2,1-3H3,(H,28,29,30)/t17-,19?,21+/m0/s1. The van der Waals surface area contributed by atoms with Gasteiger partial charge in [-0.25, -0.2) is 23.7 Å². The summed E-state index contributed by atoms with van der Waals surface area (Å²) in [5.74, 6) is 0.525. The van der Waals surface area contributed by atoms with Gasteiger partial charge in [0.1, 0.15) is 11.7 Å². The van der Waals surface area contributed by atoms with Crippen molar-refractivity contribution in [3.8, 4) is 11.3 Å². The van der Waals surface area contributed by atoms with Gasteiger partial charge in [0.25, 0.3) is 0 Å². The summed E-state index contributed by atoms with van der Waals surface area (Å²) in [5, 5.41) is 13.6. The van der Waals surface area contributed by atoms with E-state index in [1.165, 1.54) is 6.07 Å². The van der Waals surface area contributed by atoms with Gasteiger partial charge in [-0.3, -0.25) is 0 Å². The second kappa shape index (κ2) is 9.66. The second-order valence-electron chi connectivity index (χ2n) is 9.79. The highest BCUT2D eigenvalue weighted by Gasteiger charge is 2.29. The number of ether oxygens (including phenoxy) is 1. The Morgan fingerprint density at radius 3 is 2.80 bits per heavy atom. The number of aliphatic hydroxyl groups is 1. The molecule has 3 aromatic rings. The molecule has 0 radical (unpaired) electrons. The number of hydrogen-bond donors (Lipinski definition) is 2. The first kappa shape index (κ1) is 23.9. The van der Waals surface area contributed by atoms with Crippen molar-refractivity contribution < 1.29 is 18.6 Å². The highest BCUT2D eigenvalue weighted by atomic mass is 19.1. The Morgan fingerprint density at radius 1 is 1.23 bits per heavy atom. The summed E-state index contributed by atoms with van der Waals surface area (Å²) in [5.41, 5.74) is 2.93. The van der Waals surface area contributed by atoms with E-state index in [1.54, 1.807) is 6.20 Å². The molecule has 4 heterocycles. The lowest BCUT2D eigenvalue weighted by Gasteiger charge is -2.21. The zero-order valence-corrected chi connectivity index (χ0v) is 20.3. The van der Waals surface area contributed by atoms with Crippen LogP contribution in [-0.2, 0) is 4.74 Å². The highest BCUT2D eigenvalue weighted by Crippen LogP contribution is 2.34. The van der Waals surface area contributed by atoms with Crippen LogP contribution < -0.4 is 10.2 Å². The fourth-order valence-corrected chi connectivity index (χ4v) is 4.96. The monoisotopic (exact) mass is 486 g/mol. The molecule has 0 spiro atoms. The first-order valence-electron chi connectivity index (χ1n) is 12.3. The summed E-state index contributed by atoms with van der Waals surface area (Å²) < 4.78 is 36.7. The Morgan fingerprint density at radius 2 is 2.06 bits per heavy atom. The fourth-order valence-electron chi connectivity index (χ4n) is 4.96. The number of aromatic nitrogens is 4. The van der Waals surface area contributed by atoms with Gasteiger partial charge in [-0.15, -0.1) is 0 Å². The summed E-state index contributed by atoms with van der Waals surface area (Å²) in [4.78, 5) is 15.6. The average Bonchev–Trinajstić information content (AvgIpc) is 3.36. The molecule has 1 aromatic carbocycles. The molecule has 2 aromatic heterocycles. The molecule has 5 rings (SSSR count). The van der Waals surface area contributed by atoms with Crippen molar-refractivity contribution in [3.63, 3.8) is 0 Å². The quantitative estimate of drug-likeness (QED) is 0.563. The van der Waals surface area contributed by atoms with Crippen LogP contribution in [0.1, 0.15) is 44.7 Å². The number of aliphatic hydroxyl groups excluding tert-OH is 1. The van der Waals surface area contributed by atoms with Gasteiger partial charge in [-0.05, 0) is 57.7 Å². The zero-order chi connectivity index (χ0) is 24.7. The maximum Gasteiger partial charge on any atom is 0.223 e. The van der Waals surface area contributed by atoms with Gasteiger partial charge < -0.3 is 24.6 Å². The Bertz CT molecular complexity index is 1220. The van der Waals surface area contributed by atoms with Crippen LogP contribution in [0, 0.1) is 12.7 Å². The number of halogens is 2. The van der Waals surface area contributed by atoms with Crippen molar-refractivity contribution in [3.05, 3.63) is 29.7 Å². The maximum atomic E-state index is 15.4. The number of benzene rings is 1. The number of aryl methyl sites for hydroxylation is 1. The number of alkyl halides is 1. The van der Waals surface area contributed by atoms with Crippen molar-refractivity contribution >= 4 is 22.9 Å². The predicted octanol–water partition coefficient (Wildman–Crippen LogP) is 4.02. The molecule has 0 amide bonds. The molecular formula is C25H32F2N6O2. The lowest BCUT2D eigenvalue weighted by molar-refractivity contribution is 0.0464. The van der Waals surface area contributed by atoms with Crippen molar-refractivity contribution in [2.45, 2.75) is 64.4 Å². The Balaban J connectivity index is 1.54. The second-order valence-corrected chi connectivity index (χ2v) is 9.79. The summed E-state index contributed by atoms with van der Waals surface area (Å²) in [6, 6.07) is 3.12. The van der Waals surface area contributed by atoms with E-state index in [9.17, 15) is 9.50 Å². The van der Waals surface area contributed by atoms with Crippen molar-refractivity contribution in [2.75, 3.05) is 36.5 Å². The molecule has 2 saturated heterocycles. The van der Waals surface area contributed by atoms with Crippen LogP contribution in [0.3, 0.4) is 0 Å². The molecule has 10 heteroatoms. The first-order chi connectivity index (χ1) is 16.8. The molecular weight excluding hydrogens is 454 g/mol. The topological polar surface area (TPSA) is 88.3 Å². The molecule has 1 unspecified atom stereocenters. The van der Waals surface area contributed by atoms with Gasteiger partial charge in [0.2, 0.25) is 11.9 Å². The molecule has 3 atom stereocenters. The van der Waals surface area contributed by atoms with E-state index in [2.05, 4.69) is 20.3 Å².